The molecule has 0 fully saturated rings. The normalized spacial score (nSPS) is 17.9. The zero-order chi connectivity index (χ0) is 27.4. The summed E-state index contributed by atoms with van der Waals surface area (Å²) in [5.41, 5.74) is 5.67. The third-order valence-corrected chi connectivity index (χ3v) is 8.30. The van der Waals surface area contributed by atoms with Crippen LogP contribution in [0, 0.1) is 0 Å². The number of nitrogens with zero attached hydrogens (tertiary/aromatic N) is 1. The van der Waals surface area contributed by atoms with E-state index in [1.165, 1.54) is 0 Å². The molecular weight excluding hydrogens is 558 g/mol. The van der Waals surface area contributed by atoms with Crippen molar-refractivity contribution < 1.29 is 23.8 Å². The Kier molecular flexibility index (Phi) is 8.88. The first-order valence-electron chi connectivity index (χ1n) is 13.9. The highest BCUT2D eigenvalue weighted by Gasteiger charge is 2.43. The third-order valence-electron chi connectivity index (χ3n) is 7.71. The number of allylic oxidation sites excluding steroid dienone is 4. The molecule has 0 saturated carbocycles. The number of hydrogen-bond donors (Lipinski definition) is 0. The van der Waals surface area contributed by atoms with Gasteiger partial charge in [0.1, 0.15) is 6.61 Å². The first-order valence-corrected chi connectivity index (χ1v) is 14.7. The lowest BCUT2D eigenvalue weighted by atomic mass is 9.71. The molecule has 5 rings (SSSR count). The standard InChI is InChI=1S/C32H36BrNO5/c1-3-38-28-19-22(18-23(33)32(28)39-20-21-10-5-4-6-11-21)29-30-24(12-7-14-26(30)35)34(16-9-17-37-2)25-13-8-15-27(36)31(25)29/h4-6,10-11,18-19,29H,3,7-9,12-17,20H2,1-2H3. The Morgan fingerprint density at radius 3 is 2.21 bits per heavy atom. The second-order valence-electron chi connectivity index (χ2n) is 10.2. The van der Waals surface area contributed by atoms with Crippen LogP contribution in [0.25, 0.3) is 0 Å². The van der Waals surface area contributed by atoms with Crippen molar-refractivity contribution in [2.45, 2.75) is 64.4 Å². The van der Waals surface area contributed by atoms with Crippen LogP contribution in [0.15, 0.2) is 69.5 Å². The molecule has 0 saturated heterocycles. The molecule has 2 aliphatic carbocycles. The number of carbonyl (C=O) groups excluding carboxylic acids is 2. The van der Waals surface area contributed by atoms with Gasteiger partial charge in [-0.1, -0.05) is 30.3 Å². The summed E-state index contributed by atoms with van der Waals surface area (Å²) in [5.74, 6) is 1.11. The number of rotatable bonds is 10. The molecule has 0 radical (unpaired) electrons. The fraction of sp³-hybridized carbons (Fsp3) is 0.438. The summed E-state index contributed by atoms with van der Waals surface area (Å²) < 4.78 is 18.4. The number of methoxy groups -OCH3 is 1. The van der Waals surface area contributed by atoms with Crippen LogP contribution in [0.1, 0.15) is 68.9 Å². The van der Waals surface area contributed by atoms with Gasteiger partial charge in [0.15, 0.2) is 23.1 Å². The first kappa shape index (κ1) is 27.7. The van der Waals surface area contributed by atoms with E-state index in [9.17, 15) is 9.59 Å². The van der Waals surface area contributed by atoms with Crippen molar-refractivity contribution in [3.05, 3.63) is 80.6 Å². The third kappa shape index (κ3) is 5.71. The number of halogens is 1. The van der Waals surface area contributed by atoms with Crippen LogP contribution in [0.2, 0.25) is 0 Å². The first-order chi connectivity index (χ1) is 19.0. The fourth-order valence-corrected chi connectivity index (χ4v) is 6.65. The lowest BCUT2D eigenvalue weighted by Gasteiger charge is -2.44. The van der Waals surface area contributed by atoms with Crippen molar-refractivity contribution in [2.75, 3.05) is 26.9 Å². The number of hydrogen-bond acceptors (Lipinski definition) is 6. The molecule has 1 aliphatic heterocycles. The average molecular weight is 595 g/mol. The highest BCUT2D eigenvalue weighted by Crippen LogP contribution is 2.51. The van der Waals surface area contributed by atoms with E-state index in [0.29, 0.717) is 44.2 Å². The number of benzene rings is 2. The van der Waals surface area contributed by atoms with E-state index in [2.05, 4.69) is 20.8 Å². The van der Waals surface area contributed by atoms with Crippen molar-refractivity contribution in [1.82, 2.24) is 4.90 Å². The molecule has 0 atom stereocenters. The van der Waals surface area contributed by atoms with E-state index in [1.807, 2.05) is 49.4 Å². The van der Waals surface area contributed by atoms with Crippen molar-refractivity contribution >= 4 is 27.5 Å². The zero-order valence-corrected chi connectivity index (χ0v) is 24.3. The molecule has 0 N–H and O–H groups in total. The maximum atomic E-state index is 13.6. The smallest absolute Gasteiger partial charge is 0.175 e. The lowest BCUT2D eigenvalue weighted by Crippen LogP contribution is -2.39. The van der Waals surface area contributed by atoms with Gasteiger partial charge in [-0.05, 0) is 78.2 Å². The molecule has 1 heterocycles. The Morgan fingerprint density at radius 1 is 0.923 bits per heavy atom. The average Bonchev–Trinajstić information content (AvgIpc) is 2.93. The Bertz CT molecular complexity index is 1260. The van der Waals surface area contributed by atoms with Gasteiger partial charge in [0.25, 0.3) is 0 Å². The van der Waals surface area contributed by atoms with Crippen LogP contribution in [0.5, 0.6) is 11.5 Å². The van der Waals surface area contributed by atoms with E-state index in [4.69, 9.17) is 14.2 Å². The summed E-state index contributed by atoms with van der Waals surface area (Å²) in [6.45, 7) is 4.20. The van der Waals surface area contributed by atoms with Gasteiger partial charge < -0.3 is 19.1 Å². The highest BCUT2D eigenvalue weighted by atomic mass is 79.9. The molecule has 0 amide bonds. The molecule has 0 unspecified atom stereocenters. The summed E-state index contributed by atoms with van der Waals surface area (Å²) in [4.78, 5) is 29.4. The monoisotopic (exact) mass is 593 g/mol. The minimum absolute atomic E-state index is 0.140. The van der Waals surface area contributed by atoms with Gasteiger partial charge in [0.2, 0.25) is 0 Å². The maximum absolute atomic E-state index is 13.6. The fourth-order valence-electron chi connectivity index (χ4n) is 6.07. The summed E-state index contributed by atoms with van der Waals surface area (Å²) in [6.07, 6.45) is 5.21. The van der Waals surface area contributed by atoms with E-state index >= 15 is 0 Å². The number of carbonyl (C=O) groups is 2. The topological polar surface area (TPSA) is 65.1 Å². The van der Waals surface area contributed by atoms with Crippen LogP contribution in [0.4, 0.5) is 0 Å². The van der Waals surface area contributed by atoms with Crippen molar-refractivity contribution in [1.29, 1.82) is 0 Å². The Hall–Kier alpha value is -2.90. The zero-order valence-electron chi connectivity index (χ0n) is 22.8. The van der Waals surface area contributed by atoms with Crippen molar-refractivity contribution in [3.8, 4) is 11.5 Å². The molecule has 206 valence electrons. The molecule has 3 aliphatic rings. The van der Waals surface area contributed by atoms with Gasteiger partial charge in [0.05, 0.1) is 11.1 Å². The maximum Gasteiger partial charge on any atom is 0.175 e. The second kappa shape index (κ2) is 12.5. The van der Waals surface area contributed by atoms with Crippen molar-refractivity contribution in [3.63, 3.8) is 0 Å². The molecule has 0 spiro atoms. The second-order valence-corrected chi connectivity index (χ2v) is 11.1. The van der Waals surface area contributed by atoms with E-state index in [-0.39, 0.29) is 11.6 Å². The number of Topliss-reactive ketones (excluding diaryl/α,β-unsaturated/α-hetero) is 2. The van der Waals surface area contributed by atoms with Crippen LogP contribution in [0.3, 0.4) is 0 Å². The van der Waals surface area contributed by atoms with E-state index in [1.54, 1.807) is 7.11 Å². The summed E-state index contributed by atoms with van der Waals surface area (Å²) >= 11 is 3.74. The van der Waals surface area contributed by atoms with Crippen molar-refractivity contribution in [2.24, 2.45) is 0 Å². The Balaban J connectivity index is 1.60. The Morgan fingerprint density at radius 2 is 1.59 bits per heavy atom. The van der Waals surface area contributed by atoms with Gasteiger partial charge in [-0.15, -0.1) is 0 Å². The predicted molar refractivity (Wildman–Crippen MR) is 154 cm³/mol. The van der Waals surface area contributed by atoms with Gasteiger partial charge in [-0.2, -0.15) is 0 Å². The van der Waals surface area contributed by atoms with Crippen LogP contribution < -0.4 is 9.47 Å². The van der Waals surface area contributed by atoms with E-state index in [0.717, 1.165) is 76.8 Å². The molecule has 39 heavy (non-hydrogen) atoms. The lowest BCUT2D eigenvalue weighted by molar-refractivity contribution is -0.117. The van der Waals surface area contributed by atoms with Crippen LogP contribution >= 0.6 is 15.9 Å². The summed E-state index contributed by atoms with van der Waals surface area (Å²) in [7, 11) is 1.71. The Labute approximate surface area is 239 Å². The van der Waals surface area contributed by atoms with Crippen LogP contribution in [-0.2, 0) is 20.9 Å². The van der Waals surface area contributed by atoms with Gasteiger partial charge in [-0.25, -0.2) is 0 Å². The predicted octanol–water partition coefficient (Wildman–Crippen LogP) is 6.88. The van der Waals surface area contributed by atoms with Gasteiger partial charge >= 0.3 is 0 Å². The van der Waals surface area contributed by atoms with Crippen LogP contribution in [-0.4, -0.2) is 43.3 Å². The molecule has 0 aromatic heterocycles. The number of ketones is 2. The highest BCUT2D eigenvalue weighted by molar-refractivity contribution is 9.10. The van der Waals surface area contributed by atoms with Gasteiger partial charge in [-0.3, -0.25) is 9.59 Å². The SMILES string of the molecule is CCOc1cc(C2C3=C(CCCC3=O)N(CCCOC)C3=C2C(=O)CCC3)cc(Br)c1OCc1ccccc1. The largest absolute Gasteiger partial charge is 0.490 e. The summed E-state index contributed by atoms with van der Waals surface area (Å²) in [6, 6.07) is 14.0. The molecule has 7 heteroatoms. The van der Waals surface area contributed by atoms with Gasteiger partial charge in [0, 0.05) is 61.6 Å². The number of ether oxygens (including phenoxy) is 3. The molecule has 6 nitrogen and oxygen atoms in total. The summed E-state index contributed by atoms with van der Waals surface area (Å²) in [5, 5.41) is 0. The molecule has 2 aromatic rings. The molecule has 0 bridgehead atoms. The minimum Gasteiger partial charge on any atom is -0.490 e. The quantitative estimate of drug-likeness (QED) is 0.280. The minimum atomic E-state index is -0.395. The van der Waals surface area contributed by atoms with E-state index < -0.39 is 5.92 Å². The molecule has 2 aromatic carbocycles. The molecular formula is C32H36BrNO5.